The summed E-state index contributed by atoms with van der Waals surface area (Å²) in [5.41, 5.74) is 6.18. The molecule has 2 N–H and O–H groups in total. The minimum Gasteiger partial charge on any atom is -0.398 e. The number of thiol groups is 1. The van der Waals surface area contributed by atoms with Crippen LogP contribution >= 0.6 is 12.6 Å². The van der Waals surface area contributed by atoms with Crippen molar-refractivity contribution >= 4 is 18.3 Å². The van der Waals surface area contributed by atoms with Crippen molar-refractivity contribution in [3.63, 3.8) is 0 Å². The average molecular weight is 173 g/mol. The molecule has 0 heterocycles. The molecule has 9 heavy (non-hydrogen) atoms. The largest absolute Gasteiger partial charge is 0.398 e. The quantitative estimate of drug-likeness (QED) is 0.347. The Bertz CT molecular complexity index is 169. The molecule has 0 aliphatic rings. The van der Waals surface area contributed by atoms with E-state index in [1.807, 2.05) is 24.3 Å². The summed E-state index contributed by atoms with van der Waals surface area (Å²) in [6.45, 7) is 0. The van der Waals surface area contributed by atoms with E-state index in [0.29, 0.717) is 0 Å². The summed E-state index contributed by atoms with van der Waals surface area (Å²) in [5, 5.41) is 0. The maximum Gasteiger partial charge on any atom is 0.0449 e. The number of hydrogen-bond donors (Lipinski definition) is 2. The zero-order valence-corrected chi connectivity index (χ0v) is 7.29. The van der Waals surface area contributed by atoms with Gasteiger partial charge in [-0.05, 0) is 12.1 Å². The zero-order chi connectivity index (χ0) is 5.98. The molecule has 0 atom stereocenters. The second kappa shape index (κ2) is 3.99. The van der Waals surface area contributed by atoms with Gasteiger partial charge in [0.15, 0.2) is 0 Å². The van der Waals surface area contributed by atoms with Crippen molar-refractivity contribution in [2.24, 2.45) is 0 Å². The summed E-state index contributed by atoms with van der Waals surface area (Å²) in [6.07, 6.45) is 0. The van der Waals surface area contributed by atoms with Crippen LogP contribution < -0.4 is 5.73 Å². The Balaban J connectivity index is 0.000000640. The Labute approximate surface area is 74.9 Å². The van der Waals surface area contributed by atoms with Crippen LogP contribution in [-0.4, -0.2) is 0 Å². The first-order valence-corrected chi connectivity index (χ1v) is 2.79. The van der Waals surface area contributed by atoms with Gasteiger partial charge in [-0.15, -0.1) is 12.6 Å². The van der Waals surface area contributed by atoms with Crippen molar-refractivity contribution in [3.8, 4) is 0 Å². The maximum absolute atomic E-state index is 5.44. The molecular formula is C6H7NSTi. The van der Waals surface area contributed by atoms with E-state index in [-0.39, 0.29) is 21.7 Å². The first-order chi connectivity index (χ1) is 3.80. The molecular weight excluding hydrogens is 166 g/mol. The van der Waals surface area contributed by atoms with Gasteiger partial charge in [-0.25, -0.2) is 0 Å². The van der Waals surface area contributed by atoms with Gasteiger partial charge in [0.1, 0.15) is 0 Å². The number of nitrogen functional groups attached to an aromatic ring is 1. The Morgan fingerprint density at radius 1 is 1.22 bits per heavy atom. The Hall–Kier alpha value is 0.0843. The number of anilines is 1. The third-order valence-corrected chi connectivity index (χ3v) is 1.34. The van der Waals surface area contributed by atoms with Crippen molar-refractivity contribution in [2.45, 2.75) is 4.90 Å². The van der Waals surface area contributed by atoms with Crippen molar-refractivity contribution in [1.82, 2.24) is 0 Å². The molecule has 1 aromatic rings. The van der Waals surface area contributed by atoms with Gasteiger partial charge in [-0.3, -0.25) is 0 Å². The smallest absolute Gasteiger partial charge is 0.0449 e. The fraction of sp³-hybridized carbons (Fsp3) is 0. The number of rotatable bonds is 0. The van der Waals surface area contributed by atoms with E-state index in [1.165, 1.54) is 0 Å². The number of para-hydroxylation sites is 1. The fourth-order valence-corrected chi connectivity index (χ4v) is 0.648. The molecule has 0 aliphatic heterocycles. The van der Waals surface area contributed by atoms with E-state index in [1.54, 1.807) is 0 Å². The molecule has 0 aromatic heterocycles. The predicted molar refractivity (Wildman–Crippen MR) is 38.1 cm³/mol. The standard InChI is InChI=1S/C6H7NS.Ti/c7-5-3-1-2-4-6(5)8;/h1-4,8H,7H2;. The zero-order valence-electron chi connectivity index (χ0n) is 4.83. The molecule has 0 amide bonds. The van der Waals surface area contributed by atoms with Crippen LogP contribution in [0.1, 0.15) is 0 Å². The molecule has 0 aliphatic carbocycles. The van der Waals surface area contributed by atoms with Crippen LogP contribution in [0.5, 0.6) is 0 Å². The van der Waals surface area contributed by atoms with Crippen molar-refractivity contribution in [1.29, 1.82) is 0 Å². The molecule has 46 valence electrons. The first kappa shape index (κ1) is 9.08. The summed E-state index contributed by atoms with van der Waals surface area (Å²) < 4.78 is 0. The third kappa shape index (κ3) is 2.44. The van der Waals surface area contributed by atoms with E-state index < -0.39 is 0 Å². The van der Waals surface area contributed by atoms with Gasteiger partial charge >= 0.3 is 0 Å². The van der Waals surface area contributed by atoms with Gasteiger partial charge in [0, 0.05) is 32.3 Å². The van der Waals surface area contributed by atoms with Crippen LogP contribution in [0.3, 0.4) is 0 Å². The normalized spacial score (nSPS) is 8.11. The number of benzene rings is 1. The van der Waals surface area contributed by atoms with E-state index in [9.17, 15) is 0 Å². The molecule has 1 aromatic carbocycles. The van der Waals surface area contributed by atoms with E-state index in [2.05, 4.69) is 12.6 Å². The Morgan fingerprint density at radius 2 is 1.78 bits per heavy atom. The molecule has 3 heteroatoms. The van der Waals surface area contributed by atoms with Crippen molar-refractivity contribution < 1.29 is 21.7 Å². The summed E-state index contributed by atoms with van der Waals surface area (Å²) in [6, 6.07) is 7.47. The molecule has 0 spiro atoms. The molecule has 1 nitrogen and oxygen atoms in total. The monoisotopic (exact) mass is 173 g/mol. The average Bonchev–Trinajstić information content (AvgIpc) is 1.77. The van der Waals surface area contributed by atoms with Crippen LogP contribution in [0.4, 0.5) is 5.69 Å². The van der Waals surface area contributed by atoms with E-state index >= 15 is 0 Å². The molecule has 0 saturated heterocycles. The SMILES string of the molecule is Nc1ccccc1S.[Ti]. The van der Waals surface area contributed by atoms with E-state index in [0.717, 1.165) is 10.6 Å². The molecule has 0 unspecified atom stereocenters. The van der Waals surface area contributed by atoms with Gasteiger partial charge in [0.25, 0.3) is 0 Å². The van der Waals surface area contributed by atoms with Gasteiger partial charge in [-0.1, -0.05) is 12.1 Å². The minimum absolute atomic E-state index is 0. The van der Waals surface area contributed by atoms with Crippen LogP contribution in [-0.2, 0) is 21.7 Å². The van der Waals surface area contributed by atoms with Gasteiger partial charge < -0.3 is 5.73 Å². The van der Waals surface area contributed by atoms with Crippen LogP contribution in [0.25, 0.3) is 0 Å². The van der Waals surface area contributed by atoms with Gasteiger partial charge in [0.2, 0.25) is 0 Å². The van der Waals surface area contributed by atoms with Crippen LogP contribution in [0.2, 0.25) is 0 Å². The van der Waals surface area contributed by atoms with Crippen LogP contribution in [0, 0.1) is 0 Å². The second-order valence-corrected chi connectivity index (χ2v) is 2.04. The molecule has 0 bridgehead atoms. The number of hydrogen-bond acceptors (Lipinski definition) is 2. The van der Waals surface area contributed by atoms with Crippen LogP contribution in [0.15, 0.2) is 29.2 Å². The number of nitrogens with two attached hydrogens (primary N) is 1. The van der Waals surface area contributed by atoms with Crippen molar-refractivity contribution in [2.75, 3.05) is 5.73 Å². The van der Waals surface area contributed by atoms with Gasteiger partial charge in [-0.2, -0.15) is 0 Å². The van der Waals surface area contributed by atoms with Crippen molar-refractivity contribution in [3.05, 3.63) is 24.3 Å². The van der Waals surface area contributed by atoms with Gasteiger partial charge in [0.05, 0.1) is 0 Å². The molecule has 0 fully saturated rings. The summed E-state index contributed by atoms with van der Waals surface area (Å²) in [4.78, 5) is 0.840. The topological polar surface area (TPSA) is 26.0 Å². The fourth-order valence-electron chi connectivity index (χ4n) is 0.488. The predicted octanol–water partition coefficient (Wildman–Crippen LogP) is 1.55. The molecule has 1 rings (SSSR count). The molecule has 0 radical (unpaired) electrons. The Morgan fingerprint density at radius 3 is 2.11 bits per heavy atom. The Kier molecular flexibility index (Phi) is 4.03. The summed E-state index contributed by atoms with van der Waals surface area (Å²) >= 11 is 4.07. The van der Waals surface area contributed by atoms with E-state index in [4.69, 9.17) is 5.73 Å². The maximum atomic E-state index is 5.44. The third-order valence-electron chi connectivity index (χ3n) is 0.937. The molecule has 0 saturated carbocycles. The minimum atomic E-state index is 0. The summed E-state index contributed by atoms with van der Waals surface area (Å²) in [7, 11) is 0. The first-order valence-electron chi connectivity index (χ1n) is 2.34. The summed E-state index contributed by atoms with van der Waals surface area (Å²) in [5.74, 6) is 0. The second-order valence-electron chi connectivity index (χ2n) is 1.56.